The van der Waals surface area contributed by atoms with Crippen molar-refractivity contribution in [2.75, 3.05) is 13.2 Å². The summed E-state index contributed by atoms with van der Waals surface area (Å²) in [7, 11) is 0. The Kier molecular flexibility index (Phi) is 8.34. The molecule has 0 aliphatic carbocycles. The first-order valence-corrected chi connectivity index (χ1v) is 13.7. The number of halogens is 3. The van der Waals surface area contributed by atoms with Crippen molar-refractivity contribution in [3.63, 3.8) is 0 Å². The Hall–Kier alpha value is -2.46. The fourth-order valence-electron chi connectivity index (χ4n) is 3.85. The standard InChI is InChI=1S/C26H21Br2ClN2O4S/c1-4-10-35-23-18(27)11-15(12-19(23)28)13-20-24(32)31-22(16-6-8-17(29)9-7-16)21(25(33)34-5-2)14(3)30-26(31)36-20/h4,6-9,11-13,22H,1,5,10H2,2-3H3. The second kappa shape index (κ2) is 11.3. The van der Waals surface area contributed by atoms with Crippen molar-refractivity contribution in [3.05, 3.63) is 105 Å². The Bertz CT molecular complexity index is 1530. The molecule has 0 spiro atoms. The van der Waals surface area contributed by atoms with Crippen LogP contribution in [0.2, 0.25) is 5.02 Å². The van der Waals surface area contributed by atoms with Crippen molar-refractivity contribution in [1.29, 1.82) is 0 Å². The van der Waals surface area contributed by atoms with Crippen LogP contribution in [0.5, 0.6) is 5.75 Å². The fraction of sp³-hybridized carbons (Fsp3) is 0.192. The molecule has 0 bridgehead atoms. The van der Waals surface area contributed by atoms with Crippen LogP contribution in [0.3, 0.4) is 0 Å². The van der Waals surface area contributed by atoms with Gasteiger partial charge in [-0.1, -0.05) is 47.7 Å². The third-order valence-electron chi connectivity index (χ3n) is 5.37. The molecule has 0 N–H and O–H groups in total. The van der Waals surface area contributed by atoms with Crippen molar-refractivity contribution >= 4 is 66.8 Å². The van der Waals surface area contributed by atoms with E-state index >= 15 is 0 Å². The van der Waals surface area contributed by atoms with E-state index in [1.54, 1.807) is 54.8 Å². The van der Waals surface area contributed by atoms with Crippen molar-refractivity contribution in [3.8, 4) is 5.75 Å². The number of thiazole rings is 1. The van der Waals surface area contributed by atoms with E-state index in [0.29, 0.717) is 38.0 Å². The first-order chi connectivity index (χ1) is 17.2. The number of rotatable bonds is 7. The predicted octanol–water partition coefficient (Wildman–Crippen LogP) is 5.54. The average Bonchev–Trinajstić information content (AvgIpc) is 3.12. The van der Waals surface area contributed by atoms with Gasteiger partial charge in [-0.05, 0) is 87.2 Å². The minimum Gasteiger partial charge on any atom is -0.487 e. The number of benzene rings is 2. The minimum atomic E-state index is -0.687. The van der Waals surface area contributed by atoms with Crippen LogP contribution >= 0.6 is 54.8 Å². The summed E-state index contributed by atoms with van der Waals surface area (Å²) in [5.41, 5.74) is 2.10. The van der Waals surface area contributed by atoms with Gasteiger partial charge in [-0.25, -0.2) is 9.79 Å². The zero-order chi connectivity index (χ0) is 26.0. The number of allylic oxidation sites excluding steroid dienone is 1. The van der Waals surface area contributed by atoms with Gasteiger partial charge in [0.15, 0.2) is 4.80 Å². The molecular weight excluding hydrogens is 632 g/mol. The van der Waals surface area contributed by atoms with Crippen molar-refractivity contribution < 1.29 is 14.3 Å². The van der Waals surface area contributed by atoms with Crippen LogP contribution in [-0.2, 0) is 9.53 Å². The summed E-state index contributed by atoms with van der Waals surface area (Å²) in [4.78, 5) is 31.7. The lowest BCUT2D eigenvalue weighted by atomic mass is 9.96. The van der Waals surface area contributed by atoms with Crippen molar-refractivity contribution in [2.45, 2.75) is 19.9 Å². The summed E-state index contributed by atoms with van der Waals surface area (Å²) in [6.07, 6.45) is 3.45. The number of fused-ring (bicyclic) bond motifs is 1. The van der Waals surface area contributed by atoms with Crippen molar-refractivity contribution in [1.82, 2.24) is 4.57 Å². The zero-order valence-electron chi connectivity index (χ0n) is 19.4. The molecule has 0 saturated heterocycles. The Labute approximate surface area is 233 Å². The first kappa shape index (κ1) is 26.6. The number of ether oxygens (including phenoxy) is 2. The highest BCUT2D eigenvalue weighted by atomic mass is 79.9. The fourth-order valence-corrected chi connectivity index (χ4v) is 6.47. The molecular formula is C26H21Br2ClN2O4S. The van der Waals surface area contributed by atoms with Gasteiger partial charge < -0.3 is 9.47 Å². The summed E-state index contributed by atoms with van der Waals surface area (Å²) >= 11 is 14.4. The molecule has 1 unspecified atom stereocenters. The van der Waals surface area contributed by atoms with E-state index in [-0.39, 0.29) is 12.2 Å². The van der Waals surface area contributed by atoms with E-state index in [1.807, 2.05) is 12.1 Å². The van der Waals surface area contributed by atoms with Crippen LogP contribution < -0.4 is 19.6 Å². The molecule has 1 aromatic heterocycles. The maximum atomic E-state index is 13.7. The largest absolute Gasteiger partial charge is 0.487 e. The quantitative estimate of drug-likeness (QED) is 0.248. The highest BCUT2D eigenvalue weighted by molar-refractivity contribution is 9.11. The first-order valence-electron chi connectivity index (χ1n) is 10.9. The molecule has 1 aliphatic heterocycles. The number of hydrogen-bond acceptors (Lipinski definition) is 6. The lowest BCUT2D eigenvalue weighted by Crippen LogP contribution is -2.39. The molecule has 0 fully saturated rings. The maximum Gasteiger partial charge on any atom is 0.338 e. The lowest BCUT2D eigenvalue weighted by molar-refractivity contribution is -0.139. The van der Waals surface area contributed by atoms with Crippen LogP contribution in [0.1, 0.15) is 31.0 Å². The maximum absolute atomic E-state index is 13.7. The minimum absolute atomic E-state index is 0.212. The molecule has 10 heteroatoms. The Morgan fingerprint density at radius 2 is 1.92 bits per heavy atom. The van der Waals surface area contributed by atoms with Gasteiger partial charge in [0.05, 0.1) is 37.4 Å². The highest BCUT2D eigenvalue weighted by Crippen LogP contribution is 2.35. The molecule has 186 valence electrons. The zero-order valence-corrected chi connectivity index (χ0v) is 24.1. The van der Waals surface area contributed by atoms with E-state index in [4.69, 9.17) is 21.1 Å². The molecule has 2 aromatic carbocycles. The van der Waals surface area contributed by atoms with Crippen LogP contribution in [-0.4, -0.2) is 23.8 Å². The third kappa shape index (κ3) is 5.29. The van der Waals surface area contributed by atoms with Gasteiger partial charge >= 0.3 is 5.97 Å². The van der Waals surface area contributed by atoms with E-state index in [2.05, 4.69) is 43.4 Å². The molecule has 0 saturated carbocycles. The van der Waals surface area contributed by atoms with Gasteiger partial charge in [-0.2, -0.15) is 0 Å². The summed E-state index contributed by atoms with van der Waals surface area (Å²) in [6.45, 7) is 7.74. The van der Waals surface area contributed by atoms with Crippen LogP contribution in [0.15, 0.2) is 79.1 Å². The monoisotopic (exact) mass is 650 g/mol. The summed E-state index contributed by atoms with van der Waals surface area (Å²) in [6, 6.07) is 10.1. The molecule has 3 aromatic rings. The van der Waals surface area contributed by atoms with E-state index in [9.17, 15) is 9.59 Å². The molecule has 1 atom stereocenters. The molecule has 2 heterocycles. The smallest absolute Gasteiger partial charge is 0.338 e. The number of carbonyl (C=O) groups is 1. The Morgan fingerprint density at radius 3 is 2.53 bits per heavy atom. The molecule has 4 rings (SSSR count). The third-order valence-corrected chi connectivity index (χ3v) is 7.78. The number of hydrogen-bond donors (Lipinski definition) is 0. The Balaban J connectivity index is 1.89. The van der Waals surface area contributed by atoms with Crippen LogP contribution in [0, 0.1) is 0 Å². The summed E-state index contributed by atoms with van der Waals surface area (Å²) in [5.74, 6) is 0.141. The summed E-state index contributed by atoms with van der Waals surface area (Å²) in [5, 5.41) is 0.557. The van der Waals surface area contributed by atoms with Gasteiger partial charge in [0.2, 0.25) is 0 Å². The second-order valence-corrected chi connectivity index (χ2v) is 10.9. The number of aromatic nitrogens is 1. The number of esters is 1. The van der Waals surface area contributed by atoms with E-state index < -0.39 is 12.0 Å². The van der Waals surface area contributed by atoms with Crippen LogP contribution in [0.4, 0.5) is 0 Å². The van der Waals surface area contributed by atoms with Gasteiger partial charge in [-0.3, -0.25) is 9.36 Å². The molecule has 0 amide bonds. The lowest BCUT2D eigenvalue weighted by Gasteiger charge is -2.24. The molecule has 6 nitrogen and oxygen atoms in total. The van der Waals surface area contributed by atoms with Gasteiger partial charge in [0.1, 0.15) is 12.4 Å². The molecule has 0 radical (unpaired) electrons. The number of nitrogens with zero attached hydrogens (tertiary/aromatic N) is 2. The molecule has 1 aliphatic rings. The normalized spacial score (nSPS) is 15.4. The average molecular weight is 653 g/mol. The van der Waals surface area contributed by atoms with Crippen molar-refractivity contribution in [2.24, 2.45) is 4.99 Å². The van der Waals surface area contributed by atoms with Gasteiger partial charge in [0, 0.05) is 5.02 Å². The predicted molar refractivity (Wildman–Crippen MR) is 149 cm³/mol. The van der Waals surface area contributed by atoms with Gasteiger partial charge in [0.25, 0.3) is 5.56 Å². The molecule has 36 heavy (non-hydrogen) atoms. The van der Waals surface area contributed by atoms with E-state index in [1.165, 1.54) is 11.3 Å². The summed E-state index contributed by atoms with van der Waals surface area (Å²) < 4.78 is 14.5. The number of carbonyl (C=O) groups excluding carboxylic acids is 1. The van der Waals surface area contributed by atoms with Gasteiger partial charge in [-0.15, -0.1) is 0 Å². The SMILES string of the molecule is C=CCOc1c(Br)cc(C=c2sc3n(c2=O)C(c2ccc(Cl)cc2)C(C(=O)OCC)=C(C)N=3)cc1Br. The topological polar surface area (TPSA) is 69.9 Å². The second-order valence-electron chi connectivity index (χ2n) is 7.77. The Morgan fingerprint density at radius 1 is 1.25 bits per heavy atom. The van der Waals surface area contributed by atoms with E-state index in [0.717, 1.165) is 20.1 Å². The van der Waals surface area contributed by atoms with Crippen LogP contribution in [0.25, 0.3) is 6.08 Å². The highest BCUT2D eigenvalue weighted by Gasteiger charge is 2.33.